The molecule has 0 saturated heterocycles. The number of rotatable bonds is 1. The van der Waals surface area contributed by atoms with E-state index in [1.807, 2.05) is 36.5 Å². The van der Waals surface area contributed by atoms with Crippen molar-refractivity contribution in [3.63, 3.8) is 0 Å². The summed E-state index contributed by atoms with van der Waals surface area (Å²) in [5.74, 6) is 2.35. The quantitative estimate of drug-likeness (QED) is 0.625. The van der Waals surface area contributed by atoms with Crippen molar-refractivity contribution in [3.8, 4) is 17.2 Å². The molecule has 0 unspecified atom stereocenters. The Bertz CT molecular complexity index is 798. The lowest BCUT2D eigenvalue weighted by molar-refractivity contribution is 0.174. The Balaban J connectivity index is 2.18. The average molecular weight is 253 g/mol. The third-order valence-electron chi connectivity index (χ3n) is 3.38. The largest absolute Gasteiger partial charge is 0.496 e. The van der Waals surface area contributed by atoms with Gasteiger partial charge in [0, 0.05) is 17.0 Å². The molecule has 4 heteroatoms. The van der Waals surface area contributed by atoms with Crippen LogP contribution < -0.4 is 14.2 Å². The van der Waals surface area contributed by atoms with E-state index in [-0.39, 0.29) is 6.79 Å². The summed E-state index contributed by atoms with van der Waals surface area (Å²) in [6.45, 7) is 0.272. The first kappa shape index (κ1) is 10.4. The number of methoxy groups -OCH3 is 1. The van der Waals surface area contributed by atoms with Crippen LogP contribution in [0.4, 0.5) is 0 Å². The second-order valence-corrected chi connectivity index (χ2v) is 4.41. The molecular weight excluding hydrogens is 242 g/mol. The third kappa shape index (κ3) is 1.43. The molecule has 0 bridgehead atoms. The van der Waals surface area contributed by atoms with E-state index in [1.165, 1.54) is 0 Å². The molecule has 0 spiro atoms. The van der Waals surface area contributed by atoms with Gasteiger partial charge >= 0.3 is 0 Å². The molecule has 0 radical (unpaired) electrons. The zero-order valence-electron chi connectivity index (χ0n) is 10.3. The maximum absolute atomic E-state index is 5.45. The Labute approximate surface area is 109 Å². The fraction of sp³-hybridized carbons (Fsp3) is 0.133. The molecule has 2 aromatic carbocycles. The first-order valence-corrected chi connectivity index (χ1v) is 6.02. The van der Waals surface area contributed by atoms with Crippen LogP contribution in [-0.2, 0) is 0 Å². The minimum Gasteiger partial charge on any atom is -0.496 e. The molecule has 3 aromatic rings. The van der Waals surface area contributed by atoms with Crippen LogP contribution in [0.1, 0.15) is 0 Å². The van der Waals surface area contributed by atoms with E-state index in [2.05, 4.69) is 4.98 Å². The molecule has 1 aliphatic heterocycles. The van der Waals surface area contributed by atoms with Gasteiger partial charge in [0.1, 0.15) is 5.75 Å². The van der Waals surface area contributed by atoms with Crippen LogP contribution in [0.3, 0.4) is 0 Å². The number of aromatic nitrogens is 1. The number of benzene rings is 2. The normalized spacial score (nSPS) is 13.1. The van der Waals surface area contributed by atoms with E-state index in [9.17, 15) is 0 Å². The van der Waals surface area contributed by atoms with Crippen molar-refractivity contribution < 1.29 is 14.2 Å². The van der Waals surface area contributed by atoms with Crippen molar-refractivity contribution in [1.82, 2.24) is 4.98 Å². The monoisotopic (exact) mass is 253 g/mol. The van der Waals surface area contributed by atoms with Crippen molar-refractivity contribution in [1.29, 1.82) is 0 Å². The third-order valence-corrected chi connectivity index (χ3v) is 3.38. The summed E-state index contributed by atoms with van der Waals surface area (Å²) >= 11 is 0. The molecular formula is C15H11NO3. The van der Waals surface area contributed by atoms with E-state index >= 15 is 0 Å². The highest BCUT2D eigenvalue weighted by molar-refractivity contribution is 6.09. The van der Waals surface area contributed by atoms with Gasteiger partial charge in [-0.2, -0.15) is 0 Å². The van der Waals surface area contributed by atoms with Gasteiger partial charge in [-0.15, -0.1) is 0 Å². The molecule has 94 valence electrons. The minimum absolute atomic E-state index is 0.272. The van der Waals surface area contributed by atoms with Crippen LogP contribution >= 0.6 is 0 Å². The van der Waals surface area contributed by atoms with Crippen molar-refractivity contribution in [2.45, 2.75) is 0 Å². The summed E-state index contributed by atoms with van der Waals surface area (Å²) in [6, 6.07) is 9.80. The maximum atomic E-state index is 5.45. The molecule has 2 heterocycles. The fourth-order valence-corrected chi connectivity index (χ4v) is 2.49. The van der Waals surface area contributed by atoms with E-state index < -0.39 is 0 Å². The van der Waals surface area contributed by atoms with Crippen LogP contribution in [0.5, 0.6) is 17.2 Å². The van der Waals surface area contributed by atoms with Gasteiger partial charge < -0.3 is 14.2 Å². The lowest BCUT2D eigenvalue weighted by Crippen LogP contribution is -1.92. The molecule has 1 aromatic heterocycles. The summed E-state index contributed by atoms with van der Waals surface area (Å²) < 4.78 is 16.3. The molecule has 0 atom stereocenters. The zero-order chi connectivity index (χ0) is 12.8. The van der Waals surface area contributed by atoms with Gasteiger partial charge in [0.2, 0.25) is 6.79 Å². The molecule has 0 amide bonds. The van der Waals surface area contributed by atoms with Gasteiger partial charge in [0.25, 0.3) is 0 Å². The maximum Gasteiger partial charge on any atom is 0.231 e. The number of nitrogens with zero attached hydrogens (tertiary/aromatic N) is 1. The number of pyridine rings is 1. The predicted molar refractivity (Wildman–Crippen MR) is 71.9 cm³/mol. The summed E-state index contributed by atoms with van der Waals surface area (Å²) in [5.41, 5.74) is 0.908. The highest BCUT2D eigenvalue weighted by Gasteiger charge is 2.16. The number of hydrogen-bond acceptors (Lipinski definition) is 4. The standard InChI is InChI=1S/C15H11NO3/c1-17-12-4-2-3-11-15(12)10-6-14-13(18-8-19-14)5-9(10)7-16-11/h2-7H,8H2,1H3. The van der Waals surface area contributed by atoms with Crippen LogP contribution in [0.15, 0.2) is 36.5 Å². The second-order valence-electron chi connectivity index (χ2n) is 4.41. The molecule has 4 rings (SSSR count). The average Bonchev–Trinajstić information content (AvgIpc) is 2.91. The highest BCUT2D eigenvalue weighted by Crippen LogP contribution is 2.40. The van der Waals surface area contributed by atoms with Gasteiger partial charge in [0.05, 0.1) is 18.0 Å². The van der Waals surface area contributed by atoms with E-state index in [0.717, 1.165) is 38.9 Å². The van der Waals surface area contributed by atoms with Gasteiger partial charge in [0.15, 0.2) is 11.5 Å². The van der Waals surface area contributed by atoms with Crippen molar-refractivity contribution >= 4 is 21.7 Å². The molecule has 0 aliphatic carbocycles. The fourth-order valence-electron chi connectivity index (χ4n) is 2.49. The van der Waals surface area contributed by atoms with Crippen LogP contribution in [0.2, 0.25) is 0 Å². The van der Waals surface area contributed by atoms with Crippen LogP contribution in [0.25, 0.3) is 21.7 Å². The van der Waals surface area contributed by atoms with Gasteiger partial charge in [-0.1, -0.05) is 6.07 Å². The lowest BCUT2D eigenvalue weighted by Gasteiger charge is -2.08. The van der Waals surface area contributed by atoms with Crippen LogP contribution in [0, 0.1) is 0 Å². The van der Waals surface area contributed by atoms with Gasteiger partial charge in [-0.25, -0.2) is 0 Å². The Morgan fingerprint density at radius 1 is 1.16 bits per heavy atom. The number of ether oxygens (including phenoxy) is 3. The van der Waals surface area contributed by atoms with Crippen molar-refractivity contribution in [2.75, 3.05) is 13.9 Å². The molecule has 1 aliphatic rings. The summed E-state index contributed by atoms with van der Waals surface area (Å²) in [5, 5.41) is 3.08. The summed E-state index contributed by atoms with van der Waals surface area (Å²) in [6.07, 6.45) is 1.85. The van der Waals surface area contributed by atoms with E-state index in [4.69, 9.17) is 14.2 Å². The van der Waals surface area contributed by atoms with Gasteiger partial charge in [-0.3, -0.25) is 4.98 Å². The number of fused-ring (bicyclic) bond motifs is 4. The van der Waals surface area contributed by atoms with E-state index in [0.29, 0.717) is 0 Å². The molecule has 0 N–H and O–H groups in total. The van der Waals surface area contributed by atoms with Gasteiger partial charge in [-0.05, 0) is 24.3 Å². The topological polar surface area (TPSA) is 40.6 Å². The Hall–Kier alpha value is -2.49. The summed E-state index contributed by atoms with van der Waals surface area (Å²) in [7, 11) is 1.67. The Kier molecular flexibility index (Phi) is 2.06. The number of hydrogen-bond donors (Lipinski definition) is 0. The molecule has 0 saturated carbocycles. The minimum atomic E-state index is 0.272. The highest BCUT2D eigenvalue weighted by atomic mass is 16.7. The Morgan fingerprint density at radius 3 is 2.84 bits per heavy atom. The second kappa shape index (κ2) is 3.75. The van der Waals surface area contributed by atoms with Crippen molar-refractivity contribution in [3.05, 3.63) is 36.5 Å². The Morgan fingerprint density at radius 2 is 2.00 bits per heavy atom. The molecule has 0 fully saturated rings. The SMILES string of the molecule is COc1cccc2ncc3cc4c(cc3c12)OCO4. The first-order chi connectivity index (χ1) is 9.36. The first-order valence-electron chi connectivity index (χ1n) is 6.02. The molecule has 19 heavy (non-hydrogen) atoms. The van der Waals surface area contributed by atoms with Crippen LogP contribution in [-0.4, -0.2) is 18.9 Å². The zero-order valence-corrected chi connectivity index (χ0v) is 10.3. The summed E-state index contributed by atoms with van der Waals surface area (Å²) in [4.78, 5) is 4.47. The van der Waals surface area contributed by atoms with Crippen molar-refractivity contribution in [2.24, 2.45) is 0 Å². The molecule has 4 nitrogen and oxygen atoms in total. The smallest absolute Gasteiger partial charge is 0.231 e. The lowest BCUT2D eigenvalue weighted by atomic mass is 10.1. The predicted octanol–water partition coefficient (Wildman–Crippen LogP) is 3.13. The van der Waals surface area contributed by atoms with E-state index in [1.54, 1.807) is 7.11 Å².